The van der Waals surface area contributed by atoms with Crippen LogP contribution in [0.3, 0.4) is 0 Å². The van der Waals surface area contributed by atoms with Crippen LogP contribution in [-0.4, -0.2) is 10.2 Å². The van der Waals surface area contributed by atoms with Gasteiger partial charge in [0.05, 0.1) is 19.0 Å². The van der Waals surface area contributed by atoms with Crippen LogP contribution in [0.5, 0.6) is 11.5 Å². The molecule has 2 aromatic rings. The quantitative estimate of drug-likeness (QED) is 0.562. The van der Waals surface area contributed by atoms with Crippen molar-refractivity contribution in [1.29, 1.82) is 0 Å². The fourth-order valence-corrected chi connectivity index (χ4v) is 3.61. The highest BCUT2D eigenvalue weighted by Crippen LogP contribution is 2.43. The topological polar surface area (TPSA) is 40.5 Å². The molecule has 0 bridgehead atoms. The molecule has 0 saturated carbocycles. The largest absolute Gasteiger partial charge is 0.505 e. The van der Waals surface area contributed by atoms with Crippen LogP contribution in [-0.2, 0) is 5.41 Å². The maximum Gasteiger partial charge on any atom is 0.148 e. The van der Waals surface area contributed by atoms with E-state index in [0.717, 1.165) is 11.1 Å². The first-order chi connectivity index (χ1) is 9.64. The molecule has 0 atom stereocenters. The maximum absolute atomic E-state index is 9.75. The van der Waals surface area contributed by atoms with E-state index in [2.05, 4.69) is 31.9 Å². The van der Waals surface area contributed by atoms with E-state index < -0.39 is 5.41 Å². The molecule has 2 aromatic carbocycles. The summed E-state index contributed by atoms with van der Waals surface area (Å²) in [7, 11) is 0. The van der Waals surface area contributed by atoms with E-state index in [0.29, 0.717) is 8.95 Å². The molecule has 2 N–H and O–H groups in total. The number of phenolic OH excluding ortho intramolecular Hbond substituents is 2. The normalized spacial score (nSPS) is 11.7. The summed E-state index contributed by atoms with van der Waals surface area (Å²) in [6, 6.07) is 7.07. The molecule has 21 heavy (non-hydrogen) atoms. The summed E-state index contributed by atoms with van der Waals surface area (Å²) in [6.07, 6.45) is 0. The predicted molar refractivity (Wildman–Crippen MR) is 93.8 cm³/mol. The van der Waals surface area contributed by atoms with Crippen molar-refractivity contribution in [2.75, 3.05) is 0 Å². The highest BCUT2D eigenvalue weighted by molar-refractivity contribution is 9.10. The van der Waals surface area contributed by atoms with E-state index in [4.69, 9.17) is 23.2 Å². The molecule has 0 amide bonds. The fraction of sp³-hybridized carbons (Fsp3) is 0.200. The summed E-state index contributed by atoms with van der Waals surface area (Å²) in [4.78, 5) is 0. The maximum atomic E-state index is 9.75. The summed E-state index contributed by atoms with van der Waals surface area (Å²) in [5.74, 6) is 0.0299. The number of halogens is 4. The van der Waals surface area contributed by atoms with Gasteiger partial charge < -0.3 is 10.2 Å². The Balaban J connectivity index is 2.61. The van der Waals surface area contributed by atoms with Gasteiger partial charge in [0.25, 0.3) is 0 Å². The molecule has 0 spiro atoms. The molecular formula is C15H12Br2Cl2O2. The Hall–Kier alpha value is -0.420. The average molecular weight is 455 g/mol. The second-order valence-electron chi connectivity index (χ2n) is 5.20. The molecule has 0 aliphatic rings. The van der Waals surface area contributed by atoms with Crippen molar-refractivity contribution in [2.24, 2.45) is 0 Å². The zero-order valence-electron chi connectivity index (χ0n) is 11.2. The van der Waals surface area contributed by atoms with E-state index in [1.165, 1.54) is 0 Å². The average Bonchev–Trinajstić information content (AvgIpc) is 2.40. The smallest absolute Gasteiger partial charge is 0.148 e. The molecular weight excluding hydrogens is 443 g/mol. The van der Waals surface area contributed by atoms with Gasteiger partial charge in [-0.3, -0.25) is 0 Å². The lowest BCUT2D eigenvalue weighted by Crippen LogP contribution is -2.19. The van der Waals surface area contributed by atoms with Gasteiger partial charge in [0.15, 0.2) is 0 Å². The molecule has 0 fully saturated rings. The van der Waals surface area contributed by atoms with Gasteiger partial charge >= 0.3 is 0 Å². The van der Waals surface area contributed by atoms with Crippen molar-refractivity contribution >= 4 is 55.1 Å². The van der Waals surface area contributed by atoms with E-state index in [-0.39, 0.29) is 21.5 Å². The van der Waals surface area contributed by atoms with Crippen molar-refractivity contribution in [2.45, 2.75) is 19.3 Å². The molecule has 112 valence electrons. The highest BCUT2D eigenvalue weighted by atomic mass is 79.9. The molecule has 6 heteroatoms. The first kappa shape index (κ1) is 16.9. The van der Waals surface area contributed by atoms with Gasteiger partial charge in [0.1, 0.15) is 11.5 Å². The minimum atomic E-state index is -0.417. The van der Waals surface area contributed by atoms with Crippen molar-refractivity contribution in [3.8, 4) is 11.5 Å². The summed E-state index contributed by atoms with van der Waals surface area (Å²) in [5, 5.41) is 20.1. The number of rotatable bonds is 2. The van der Waals surface area contributed by atoms with Gasteiger partial charge in [0.2, 0.25) is 0 Å². The third kappa shape index (κ3) is 3.19. The Labute approximate surface area is 150 Å². The predicted octanol–water partition coefficient (Wildman–Crippen LogP) is 6.26. The molecule has 0 unspecified atom stereocenters. The molecule has 0 saturated heterocycles. The monoisotopic (exact) mass is 452 g/mol. The standard InChI is InChI=1S/C15H12Br2Cl2O2/c1-15(2,7-3-9(16)13(20)11(18)5-7)8-4-10(17)14(21)12(19)6-8/h3-6,20-21H,1-2H3. The van der Waals surface area contributed by atoms with Gasteiger partial charge in [-0.15, -0.1) is 0 Å². The summed E-state index contributed by atoms with van der Waals surface area (Å²) >= 11 is 18.7. The van der Waals surface area contributed by atoms with Crippen LogP contribution in [0, 0.1) is 0 Å². The molecule has 2 nitrogen and oxygen atoms in total. The second kappa shape index (κ2) is 5.99. The molecule has 0 heterocycles. The number of benzene rings is 2. The summed E-state index contributed by atoms with van der Waals surface area (Å²) < 4.78 is 1.06. The number of aromatic hydroxyl groups is 2. The first-order valence-corrected chi connectivity index (χ1v) is 8.35. The third-order valence-electron chi connectivity index (χ3n) is 3.48. The van der Waals surface area contributed by atoms with Crippen LogP contribution in [0.1, 0.15) is 25.0 Å². The first-order valence-electron chi connectivity index (χ1n) is 6.01. The third-order valence-corrected chi connectivity index (χ3v) is 5.26. The van der Waals surface area contributed by atoms with E-state index in [1.807, 2.05) is 26.0 Å². The van der Waals surface area contributed by atoms with Crippen LogP contribution in [0.2, 0.25) is 10.0 Å². The summed E-state index contributed by atoms with van der Waals surface area (Å²) in [5.41, 5.74) is 1.40. The van der Waals surface area contributed by atoms with Gasteiger partial charge in [0, 0.05) is 5.41 Å². The van der Waals surface area contributed by atoms with Crippen LogP contribution < -0.4 is 0 Å². The summed E-state index contributed by atoms with van der Waals surface area (Å²) in [6.45, 7) is 4.02. The van der Waals surface area contributed by atoms with E-state index >= 15 is 0 Å². The minimum Gasteiger partial charge on any atom is -0.505 e. The van der Waals surface area contributed by atoms with E-state index in [9.17, 15) is 10.2 Å². The number of phenols is 2. The van der Waals surface area contributed by atoms with Crippen LogP contribution in [0.4, 0.5) is 0 Å². The Morgan fingerprint density at radius 2 is 1.14 bits per heavy atom. The van der Waals surface area contributed by atoms with Crippen LogP contribution in [0.15, 0.2) is 33.2 Å². The van der Waals surface area contributed by atoms with E-state index in [1.54, 1.807) is 12.1 Å². The Bertz CT molecular complexity index is 609. The van der Waals surface area contributed by atoms with Crippen molar-refractivity contribution < 1.29 is 10.2 Å². The van der Waals surface area contributed by atoms with Gasteiger partial charge in [-0.25, -0.2) is 0 Å². The Kier molecular flexibility index (Phi) is 4.84. The molecule has 0 aliphatic carbocycles. The lowest BCUT2D eigenvalue weighted by atomic mass is 9.78. The molecule has 0 aliphatic heterocycles. The molecule has 0 radical (unpaired) electrons. The number of hydrogen-bond donors (Lipinski definition) is 2. The fourth-order valence-electron chi connectivity index (χ4n) is 2.02. The molecule has 0 aromatic heterocycles. The number of hydrogen-bond acceptors (Lipinski definition) is 2. The van der Waals surface area contributed by atoms with Crippen LogP contribution >= 0.6 is 55.1 Å². The van der Waals surface area contributed by atoms with Crippen molar-refractivity contribution in [3.63, 3.8) is 0 Å². The van der Waals surface area contributed by atoms with Crippen molar-refractivity contribution in [3.05, 3.63) is 54.4 Å². The lowest BCUT2D eigenvalue weighted by molar-refractivity contribution is 0.470. The van der Waals surface area contributed by atoms with Gasteiger partial charge in [-0.2, -0.15) is 0 Å². The lowest BCUT2D eigenvalue weighted by Gasteiger charge is -2.27. The Morgan fingerprint density at radius 3 is 1.43 bits per heavy atom. The van der Waals surface area contributed by atoms with Crippen molar-refractivity contribution in [1.82, 2.24) is 0 Å². The zero-order chi connectivity index (χ0) is 15.9. The van der Waals surface area contributed by atoms with Crippen LogP contribution in [0.25, 0.3) is 0 Å². The van der Waals surface area contributed by atoms with Gasteiger partial charge in [-0.1, -0.05) is 37.0 Å². The minimum absolute atomic E-state index is 0.0149. The Morgan fingerprint density at radius 1 is 0.810 bits per heavy atom. The second-order valence-corrected chi connectivity index (χ2v) is 7.73. The zero-order valence-corrected chi connectivity index (χ0v) is 15.9. The highest BCUT2D eigenvalue weighted by Gasteiger charge is 2.26. The van der Waals surface area contributed by atoms with Gasteiger partial charge in [-0.05, 0) is 67.3 Å². The SMILES string of the molecule is CC(C)(c1cc(Cl)c(O)c(Br)c1)c1cc(Cl)c(O)c(Br)c1. The molecule has 2 rings (SSSR count).